The topological polar surface area (TPSA) is 75.9 Å². The molecule has 2 aliphatic heterocycles. The highest BCUT2D eigenvalue weighted by molar-refractivity contribution is 5.78. The Bertz CT molecular complexity index is 811. The predicted molar refractivity (Wildman–Crippen MR) is 102 cm³/mol. The Labute approximate surface area is 160 Å². The van der Waals surface area contributed by atoms with Gasteiger partial charge < -0.3 is 14.8 Å². The molecule has 0 bridgehead atoms. The number of amides is 1. The summed E-state index contributed by atoms with van der Waals surface area (Å²) in [4.78, 5) is 28.6. The molecule has 0 aliphatic carbocycles. The second-order valence-corrected chi connectivity index (χ2v) is 7.61. The van der Waals surface area contributed by atoms with Gasteiger partial charge >= 0.3 is 0 Å². The lowest BCUT2D eigenvalue weighted by atomic mass is 10.0. The van der Waals surface area contributed by atoms with Crippen molar-refractivity contribution < 1.29 is 4.79 Å². The quantitative estimate of drug-likeness (QED) is 0.872. The maximum absolute atomic E-state index is 13.0. The molecule has 1 N–H and O–H groups in total. The fraction of sp³-hybridized carbons (Fsp3) is 0.600. The van der Waals surface area contributed by atoms with E-state index in [2.05, 4.69) is 26.8 Å². The van der Waals surface area contributed by atoms with E-state index in [9.17, 15) is 4.79 Å². The molecule has 0 spiro atoms. The minimum absolute atomic E-state index is 0.0751. The average Bonchev–Trinajstić information content (AvgIpc) is 3.38. The second kappa shape index (κ2) is 7.76. The van der Waals surface area contributed by atoms with Gasteiger partial charge in [0, 0.05) is 56.6 Å². The molecule has 0 saturated carbocycles. The zero-order valence-electron chi connectivity index (χ0n) is 16.2. The van der Waals surface area contributed by atoms with Gasteiger partial charge in [0.05, 0.1) is 17.7 Å². The molecule has 2 atom stereocenters. The number of rotatable bonds is 5. The number of hydrogen-bond donors (Lipinski definition) is 1. The highest BCUT2D eigenvalue weighted by atomic mass is 16.2. The molecular weight excluding hydrogens is 340 g/mol. The molecular formula is C20H28N6O. The van der Waals surface area contributed by atoms with E-state index in [1.54, 1.807) is 6.20 Å². The van der Waals surface area contributed by atoms with Crippen molar-refractivity contribution in [1.29, 1.82) is 0 Å². The third-order valence-electron chi connectivity index (χ3n) is 5.65. The lowest BCUT2D eigenvalue weighted by molar-refractivity contribution is -0.136. The molecule has 27 heavy (non-hydrogen) atoms. The molecule has 4 heterocycles. The molecule has 1 saturated heterocycles. The predicted octanol–water partition coefficient (Wildman–Crippen LogP) is 1.88. The zero-order chi connectivity index (χ0) is 18.8. The number of nitrogens with zero attached hydrogens (tertiary/aromatic N) is 5. The van der Waals surface area contributed by atoms with E-state index in [1.165, 1.54) is 6.42 Å². The fourth-order valence-corrected chi connectivity index (χ4v) is 4.10. The maximum Gasteiger partial charge on any atom is 0.227 e. The van der Waals surface area contributed by atoms with Crippen LogP contribution in [-0.4, -0.2) is 43.4 Å². The van der Waals surface area contributed by atoms with E-state index in [-0.39, 0.29) is 17.9 Å². The summed E-state index contributed by atoms with van der Waals surface area (Å²) in [5, 5.41) is 3.45. The van der Waals surface area contributed by atoms with Crippen LogP contribution in [0.2, 0.25) is 0 Å². The van der Waals surface area contributed by atoms with Crippen LogP contribution < -0.4 is 5.32 Å². The summed E-state index contributed by atoms with van der Waals surface area (Å²) in [6, 6.07) is 0.290. The summed E-state index contributed by atoms with van der Waals surface area (Å²) < 4.78 is 2.09. The summed E-state index contributed by atoms with van der Waals surface area (Å²) in [6.07, 6.45) is 9.66. The van der Waals surface area contributed by atoms with Gasteiger partial charge in [-0.15, -0.1) is 0 Å². The molecule has 2 aliphatic rings. The maximum atomic E-state index is 13.0. The summed E-state index contributed by atoms with van der Waals surface area (Å²) in [5.74, 6) is 2.05. The van der Waals surface area contributed by atoms with E-state index in [0.29, 0.717) is 13.1 Å². The van der Waals surface area contributed by atoms with Gasteiger partial charge in [-0.3, -0.25) is 4.79 Å². The van der Waals surface area contributed by atoms with Crippen LogP contribution in [-0.2, 0) is 30.7 Å². The first-order valence-electron chi connectivity index (χ1n) is 10.0. The van der Waals surface area contributed by atoms with E-state index in [4.69, 9.17) is 4.98 Å². The standard InChI is InChI=1S/C20H28N6O/c1-3-18-22-8-10-25(18)12-14(2)20(27)26-9-6-16-15(13-26)11-23-19(24-16)17-5-4-7-21-17/h8,10-11,14,17,21H,3-7,9,12-13H2,1-2H3/t14-,17+/m1/s1. The van der Waals surface area contributed by atoms with Gasteiger partial charge in [0.1, 0.15) is 11.6 Å². The van der Waals surface area contributed by atoms with Gasteiger partial charge in [0.15, 0.2) is 0 Å². The van der Waals surface area contributed by atoms with Gasteiger partial charge in [-0.1, -0.05) is 13.8 Å². The highest BCUT2D eigenvalue weighted by Gasteiger charge is 2.27. The minimum atomic E-state index is -0.0751. The van der Waals surface area contributed by atoms with Crippen molar-refractivity contribution in [2.24, 2.45) is 5.92 Å². The van der Waals surface area contributed by atoms with Gasteiger partial charge in [-0.05, 0) is 19.4 Å². The molecule has 0 radical (unpaired) electrons. The van der Waals surface area contributed by atoms with Crippen molar-refractivity contribution in [3.63, 3.8) is 0 Å². The second-order valence-electron chi connectivity index (χ2n) is 7.61. The van der Waals surface area contributed by atoms with Crippen LogP contribution in [0.15, 0.2) is 18.6 Å². The number of carbonyl (C=O) groups excluding carboxylic acids is 1. The van der Waals surface area contributed by atoms with Crippen molar-refractivity contribution in [2.45, 2.75) is 58.7 Å². The number of aromatic nitrogens is 4. The Kier molecular flexibility index (Phi) is 5.20. The summed E-state index contributed by atoms with van der Waals surface area (Å²) in [5.41, 5.74) is 2.19. The third kappa shape index (κ3) is 3.74. The molecule has 7 nitrogen and oxygen atoms in total. The molecule has 7 heteroatoms. The minimum Gasteiger partial charge on any atom is -0.338 e. The Hall–Kier alpha value is -2.28. The highest BCUT2D eigenvalue weighted by Crippen LogP contribution is 2.24. The van der Waals surface area contributed by atoms with Crippen molar-refractivity contribution in [3.8, 4) is 0 Å². The third-order valence-corrected chi connectivity index (χ3v) is 5.65. The average molecular weight is 368 g/mol. The Morgan fingerprint density at radius 1 is 1.41 bits per heavy atom. The summed E-state index contributed by atoms with van der Waals surface area (Å²) >= 11 is 0. The number of fused-ring (bicyclic) bond motifs is 1. The van der Waals surface area contributed by atoms with Crippen molar-refractivity contribution in [1.82, 2.24) is 29.7 Å². The van der Waals surface area contributed by atoms with E-state index in [0.717, 1.165) is 55.3 Å². The Morgan fingerprint density at radius 3 is 3.07 bits per heavy atom. The van der Waals surface area contributed by atoms with E-state index >= 15 is 0 Å². The molecule has 0 aromatic carbocycles. The van der Waals surface area contributed by atoms with E-state index in [1.807, 2.05) is 24.2 Å². The van der Waals surface area contributed by atoms with Crippen LogP contribution in [0.4, 0.5) is 0 Å². The van der Waals surface area contributed by atoms with E-state index < -0.39 is 0 Å². The lowest BCUT2D eigenvalue weighted by Crippen LogP contribution is -2.40. The summed E-state index contributed by atoms with van der Waals surface area (Å²) in [7, 11) is 0. The van der Waals surface area contributed by atoms with Crippen molar-refractivity contribution in [3.05, 3.63) is 41.5 Å². The molecule has 0 unspecified atom stereocenters. The molecule has 1 fully saturated rings. The van der Waals surface area contributed by atoms with Crippen LogP contribution in [0.1, 0.15) is 55.6 Å². The Morgan fingerprint density at radius 2 is 2.30 bits per heavy atom. The van der Waals surface area contributed by atoms with Crippen LogP contribution in [0.3, 0.4) is 0 Å². The first-order chi connectivity index (χ1) is 13.2. The number of imidazole rings is 1. The first kappa shape index (κ1) is 18.1. The van der Waals surface area contributed by atoms with Gasteiger partial charge in [0.2, 0.25) is 5.91 Å². The molecule has 144 valence electrons. The smallest absolute Gasteiger partial charge is 0.227 e. The first-order valence-corrected chi connectivity index (χ1v) is 10.0. The SMILES string of the molecule is CCc1nccn1C[C@@H](C)C(=O)N1CCc2nc([C@@H]3CCCN3)ncc2C1. The Balaban J connectivity index is 1.41. The van der Waals surface area contributed by atoms with Crippen LogP contribution in [0.5, 0.6) is 0 Å². The largest absolute Gasteiger partial charge is 0.338 e. The van der Waals surface area contributed by atoms with Crippen molar-refractivity contribution >= 4 is 5.91 Å². The fourth-order valence-electron chi connectivity index (χ4n) is 4.10. The van der Waals surface area contributed by atoms with Gasteiger partial charge in [-0.25, -0.2) is 15.0 Å². The summed E-state index contributed by atoms with van der Waals surface area (Å²) in [6.45, 7) is 7.15. The monoisotopic (exact) mass is 368 g/mol. The molecule has 2 aromatic heterocycles. The van der Waals surface area contributed by atoms with Gasteiger partial charge in [0.25, 0.3) is 0 Å². The zero-order valence-corrected chi connectivity index (χ0v) is 16.2. The van der Waals surface area contributed by atoms with Gasteiger partial charge in [-0.2, -0.15) is 0 Å². The molecule has 2 aromatic rings. The number of nitrogens with one attached hydrogen (secondary N) is 1. The van der Waals surface area contributed by atoms with Crippen LogP contribution >= 0.6 is 0 Å². The van der Waals surface area contributed by atoms with Crippen LogP contribution in [0.25, 0.3) is 0 Å². The number of aryl methyl sites for hydroxylation is 1. The normalized spacial score (nSPS) is 20.5. The molecule has 4 rings (SSSR count). The molecule has 1 amide bonds. The number of carbonyl (C=O) groups is 1. The lowest BCUT2D eigenvalue weighted by Gasteiger charge is -2.30. The van der Waals surface area contributed by atoms with Crippen molar-refractivity contribution in [2.75, 3.05) is 13.1 Å². The number of hydrogen-bond acceptors (Lipinski definition) is 5. The van der Waals surface area contributed by atoms with Crippen LogP contribution in [0, 0.1) is 5.92 Å².